The van der Waals surface area contributed by atoms with Crippen LogP contribution in [0, 0.1) is 0 Å². The maximum absolute atomic E-state index is 12.7. The quantitative estimate of drug-likeness (QED) is 0.0294. The second kappa shape index (κ2) is 30.9. The second-order valence-corrected chi connectivity index (χ2v) is 50.5. The van der Waals surface area contributed by atoms with Crippen LogP contribution in [-0.4, -0.2) is 162 Å². The molecule has 0 aromatic rings. The zero-order valence-electron chi connectivity index (χ0n) is 38.5. The van der Waals surface area contributed by atoms with Crippen LogP contribution in [0.3, 0.4) is 0 Å². The Hall–Kier alpha value is 1.64. The molecule has 366 valence electrons. The van der Waals surface area contributed by atoms with Crippen molar-refractivity contribution in [2.75, 3.05) is 52.9 Å². The maximum atomic E-state index is 12.7. The van der Waals surface area contributed by atoms with Gasteiger partial charge in [-0.15, -0.1) is 0 Å². The van der Waals surface area contributed by atoms with Gasteiger partial charge in [0, 0.05) is 62.4 Å². The van der Waals surface area contributed by atoms with Crippen LogP contribution in [0.5, 0.6) is 0 Å². The molecule has 0 rings (SSSR count). The minimum absolute atomic E-state index is 0.0411. The van der Waals surface area contributed by atoms with Crippen LogP contribution in [0.2, 0.25) is 107 Å². The lowest BCUT2D eigenvalue weighted by Crippen LogP contribution is -2.65. The predicted molar refractivity (Wildman–Crippen MR) is 262 cm³/mol. The standard InChI is InChI=1S/C33H83O17PS2Si8/c1-54(2,26-10-18-34)44-56(4,28-12-20-36)46-58(6,30-14-22-38)48-60(8,32-16-24-40)50-61(9,33-17-25-41)49-59(7,31-15-23-39)47-57(5,29-13-21-37)45-55(3,27-11-19-35)43-51(42)53-52/h34-41H,10-33H2,1-9H3. The monoisotopic (exact) mass is 1070 g/mol. The number of hydrogen-bond acceptors (Lipinski definition) is 18. The van der Waals surface area contributed by atoms with Gasteiger partial charge >= 0.3 is 66.7 Å². The average molecular weight is 1070 g/mol. The largest absolute Gasteiger partial charge is 0.436 e. The first-order chi connectivity index (χ1) is 28.4. The topological polar surface area (TPSA) is 253 Å². The average Bonchev–Trinajstić information content (AvgIpc) is 3.16. The summed E-state index contributed by atoms with van der Waals surface area (Å²) in [5, 5.41) is 79.6. The fourth-order valence-corrected chi connectivity index (χ4v) is 54.6. The van der Waals surface area contributed by atoms with E-state index in [1.807, 2.05) is 39.3 Å². The van der Waals surface area contributed by atoms with Gasteiger partial charge < -0.3 is 73.9 Å². The molecule has 0 bridgehead atoms. The second-order valence-electron chi connectivity index (χ2n) is 17.4. The van der Waals surface area contributed by atoms with Crippen molar-refractivity contribution in [1.29, 1.82) is 0 Å². The summed E-state index contributed by atoms with van der Waals surface area (Å²) >= 11 is 4.95. The van der Waals surface area contributed by atoms with E-state index in [4.69, 9.17) is 44.2 Å². The molecular weight excluding hydrogens is 988 g/mol. The highest BCUT2D eigenvalue weighted by Crippen LogP contribution is 2.39. The number of aliphatic hydroxyl groups is 8. The van der Waals surface area contributed by atoms with Gasteiger partial charge in [0.2, 0.25) is 0 Å². The van der Waals surface area contributed by atoms with E-state index in [9.17, 15) is 45.4 Å². The first-order valence-electron chi connectivity index (χ1n) is 21.6. The molecule has 0 amide bonds. The molecule has 8 unspecified atom stereocenters. The van der Waals surface area contributed by atoms with E-state index in [2.05, 4.69) is 13.1 Å². The van der Waals surface area contributed by atoms with Gasteiger partial charge in [-0.3, -0.25) is 0 Å². The minimum Gasteiger partial charge on any atom is -0.436 e. The lowest BCUT2D eigenvalue weighted by Gasteiger charge is -2.48. The van der Waals surface area contributed by atoms with E-state index in [1.165, 1.54) is 0 Å². The lowest BCUT2D eigenvalue weighted by molar-refractivity contribution is 0.224. The maximum Gasteiger partial charge on any atom is 0.339 e. The fraction of sp³-hybridized carbons (Fsp3) is 1.00. The molecule has 0 aliphatic rings. The van der Waals surface area contributed by atoms with Crippen molar-refractivity contribution in [3.05, 3.63) is 0 Å². The number of aliphatic hydroxyl groups excluding tert-OH is 8. The van der Waals surface area contributed by atoms with Crippen molar-refractivity contribution >= 4 is 95.7 Å². The van der Waals surface area contributed by atoms with E-state index in [-0.39, 0.29) is 52.9 Å². The molecule has 0 heterocycles. The van der Waals surface area contributed by atoms with Crippen LogP contribution in [0.15, 0.2) is 0 Å². The van der Waals surface area contributed by atoms with Crippen molar-refractivity contribution in [2.45, 2.75) is 159 Å². The molecule has 0 saturated carbocycles. The molecule has 0 fully saturated rings. The Morgan fingerprint density at radius 1 is 0.361 bits per heavy atom. The van der Waals surface area contributed by atoms with Crippen LogP contribution >= 0.6 is 6.80 Å². The van der Waals surface area contributed by atoms with Gasteiger partial charge in [0.05, 0.1) is 0 Å². The van der Waals surface area contributed by atoms with Crippen molar-refractivity contribution in [1.82, 2.24) is 0 Å². The fourth-order valence-electron chi connectivity index (χ4n) is 7.71. The molecule has 0 aromatic heterocycles. The molecule has 0 saturated heterocycles. The van der Waals surface area contributed by atoms with Crippen LogP contribution in [0.1, 0.15) is 51.4 Å². The molecule has 0 radical (unpaired) electrons. The Balaban J connectivity index is 7.41. The molecular formula is C33H83O17PS2Si8. The van der Waals surface area contributed by atoms with E-state index in [0.29, 0.717) is 103 Å². The molecule has 28 heteroatoms. The first kappa shape index (κ1) is 62.6. The highest BCUT2D eigenvalue weighted by molar-refractivity contribution is 8.32. The SMILES string of the molecule is C[Si](C)(CCCO)O[Si](C)(CCCO)O[Si](C)(CCCO)O[Si](C)(CCCO)O[Si](C)(CCCO)O[Si](C)(CCCO)O[Si](C)(CCCO)O[Si](C)(CCCO)OP(=O)=S=S. The summed E-state index contributed by atoms with van der Waals surface area (Å²) in [7, 11) is -25.0. The molecule has 8 atom stereocenters. The van der Waals surface area contributed by atoms with Gasteiger partial charge in [0.15, 0.2) is 8.32 Å². The highest BCUT2D eigenvalue weighted by Gasteiger charge is 2.55. The van der Waals surface area contributed by atoms with Crippen LogP contribution in [0.4, 0.5) is 0 Å². The molecule has 0 spiro atoms. The molecule has 61 heavy (non-hydrogen) atoms. The summed E-state index contributed by atoms with van der Waals surface area (Å²) in [6.07, 6.45) is 3.22. The zero-order valence-corrected chi connectivity index (χ0v) is 49.0. The molecule has 8 N–H and O–H groups in total. The van der Waals surface area contributed by atoms with Crippen LogP contribution in [0.25, 0.3) is 0 Å². The van der Waals surface area contributed by atoms with E-state index in [0.717, 1.165) is 6.04 Å². The molecule has 0 aromatic carbocycles. The zero-order chi connectivity index (χ0) is 46.9. The first-order valence-corrected chi connectivity index (χ1v) is 45.9. The van der Waals surface area contributed by atoms with Gasteiger partial charge in [-0.1, -0.05) is 0 Å². The summed E-state index contributed by atoms with van der Waals surface area (Å²) in [6, 6.07) is 3.37. The Kier molecular flexibility index (Phi) is 31.7. The normalized spacial score (nSPS) is 19.7. The third kappa shape index (κ3) is 26.7. The van der Waals surface area contributed by atoms with E-state index in [1.54, 1.807) is 6.55 Å². The van der Waals surface area contributed by atoms with Gasteiger partial charge in [-0.25, -0.2) is 4.57 Å². The summed E-state index contributed by atoms with van der Waals surface area (Å²) < 4.78 is 68.5. The Labute approximate surface area is 383 Å². The molecule has 0 aliphatic carbocycles. The predicted octanol–water partition coefficient (Wildman–Crippen LogP) is 5.09. The molecule has 17 nitrogen and oxygen atoms in total. The van der Waals surface area contributed by atoms with Gasteiger partial charge in [0.1, 0.15) is 0 Å². The number of rotatable bonds is 40. The van der Waals surface area contributed by atoms with E-state index >= 15 is 0 Å². The summed E-state index contributed by atoms with van der Waals surface area (Å²) in [5.41, 5.74) is 0. The highest BCUT2D eigenvalue weighted by atomic mass is 32.9. The van der Waals surface area contributed by atoms with E-state index < -0.39 is 75.0 Å². The molecule has 0 aliphatic heterocycles. The van der Waals surface area contributed by atoms with Crippen molar-refractivity contribution in [3.8, 4) is 0 Å². The van der Waals surface area contributed by atoms with Gasteiger partial charge in [-0.2, -0.15) is 0 Å². The van der Waals surface area contributed by atoms with Gasteiger partial charge in [0.25, 0.3) is 0 Å². The Morgan fingerprint density at radius 3 is 0.787 bits per heavy atom. The van der Waals surface area contributed by atoms with Gasteiger partial charge in [-0.05, 0) is 170 Å². The summed E-state index contributed by atoms with van der Waals surface area (Å²) in [6.45, 7) is 14.5. The lowest BCUT2D eigenvalue weighted by atomic mass is 10.5. The van der Waals surface area contributed by atoms with Crippen molar-refractivity contribution in [2.24, 2.45) is 0 Å². The minimum atomic E-state index is -3.45. The Morgan fingerprint density at radius 2 is 0.557 bits per heavy atom. The number of hydrogen-bond donors (Lipinski definition) is 8. The van der Waals surface area contributed by atoms with Crippen LogP contribution in [-0.2, 0) is 58.3 Å². The summed E-state index contributed by atoms with van der Waals surface area (Å²) in [4.78, 5) is 0. The smallest absolute Gasteiger partial charge is 0.339 e. The van der Waals surface area contributed by atoms with Crippen LogP contribution < -0.4 is 0 Å². The third-order valence-electron chi connectivity index (χ3n) is 9.87. The third-order valence-corrected chi connectivity index (χ3v) is 49.3. The van der Waals surface area contributed by atoms with Crippen molar-refractivity contribution < 1.29 is 78.4 Å². The van der Waals surface area contributed by atoms with Crippen molar-refractivity contribution in [3.63, 3.8) is 0 Å². The Bertz CT molecular complexity index is 1320. The summed E-state index contributed by atoms with van der Waals surface area (Å²) in [5.74, 6) is 0.